The third-order valence-corrected chi connectivity index (χ3v) is 6.39. The monoisotopic (exact) mass is 437 g/mol. The van der Waals surface area contributed by atoms with E-state index in [0.29, 0.717) is 16.9 Å². The molecule has 5 heteroatoms. The third-order valence-electron chi connectivity index (χ3n) is 6.39. The molecule has 1 saturated carbocycles. The smallest absolute Gasteiger partial charge is 0.308 e. The highest BCUT2D eigenvalue weighted by Gasteiger charge is 2.28. The van der Waals surface area contributed by atoms with Gasteiger partial charge in [0.2, 0.25) is 5.91 Å². The number of hydrogen-bond donors (Lipinski definition) is 1. The van der Waals surface area contributed by atoms with Gasteiger partial charge in [-0.15, -0.1) is 0 Å². The van der Waals surface area contributed by atoms with Crippen LogP contribution in [0.15, 0.2) is 53.3 Å². The van der Waals surface area contributed by atoms with Gasteiger partial charge in [-0.2, -0.15) is 0 Å². The fourth-order valence-electron chi connectivity index (χ4n) is 4.56. The van der Waals surface area contributed by atoms with E-state index in [2.05, 4.69) is 32.2 Å². The highest BCUT2D eigenvalue weighted by atomic mass is 16.6. The summed E-state index contributed by atoms with van der Waals surface area (Å²) >= 11 is 0. The highest BCUT2D eigenvalue weighted by molar-refractivity contribution is 5.81. The van der Waals surface area contributed by atoms with Crippen molar-refractivity contribution in [3.63, 3.8) is 0 Å². The van der Waals surface area contributed by atoms with E-state index in [0.717, 1.165) is 36.4 Å². The van der Waals surface area contributed by atoms with Gasteiger partial charge in [-0.25, -0.2) is 0 Å². The van der Waals surface area contributed by atoms with Crippen LogP contribution in [0, 0.1) is 11.3 Å². The van der Waals surface area contributed by atoms with Crippen molar-refractivity contribution in [1.29, 1.82) is 0 Å². The van der Waals surface area contributed by atoms with Gasteiger partial charge >= 0.3 is 5.97 Å². The van der Waals surface area contributed by atoms with Gasteiger partial charge in [-0.1, -0.05) is 44.6 Å². The van der Waals surface area contributed by atoms with Gasteiger partial charge in [0.15, 0.2) is 11.5 Å². The van der Waals surface area contributed by atoms with Crippen molar-refractivity contribution in [3.05, 3.63) is 58.8 Å². The molecular weight excluding hydrogens is 402 g/mol. The van der Waals surface area contributed by atoms with Gasteiger partial charge in [-0.05, 0) is 66.4 Å². The number of ether oxygens (including phenoxy) is 2. The molecule has 32 heavy (non-hydrogen) atoms. The average Bonchev–Trinajstić information content (AvgIpc) is 2.74. The molecule has 2 aliphatic carbocycles. The van der Waals surface area contributed by atoms with Crippen molar-refractivity contribution in [2.45, 2.75) is 66.2 Å². The molecule has 1 aromatic carbocycles. The second kappa shape index (κ2) is 10.2. The number of hydrogen-bond acceptors (Lipinski definition) is 4. The average molecular weight is 438 g/mol. The molecule has 0 aliphatic heterocycles. The Kier molecular flexibility index (Phi) is 7.60. The molecule has 0 heterocycles. The molecule has 0 spiro atoms. The number of benzene rings is 1. The number of rotatable bonds is 5. The number of nitrogens with one attached hydrogen (secondary N) is 1. The van der Waals surface area contributed by atoms with E-state index in [-0.39, 0.29) is 12.3 Å². The summed E-state index contributed by atoms with van der Waals surface area (Å²) in [6.07, 6.45) is 12.0. The van der Waals surface area contributed by atoms with E-state index < -0.39 is 5.97 Å². The standard InChI is InChI=1S/C27H35NO4/c1-18(29)32-24-14-9-19(15-25(24)31-5)16-26(30)28-23-8-6-7-21(17-23)20-10-12-22(13-11-20)27(2,3)4/h6-9,14-15,22H,10-13,16-17H2,1-5H3,(H,28,30). The van der Waals surface area contributed by atoms with Crippen molar-refractivity contribution in [2.24, 2.45) is 11.3 Å². The molecule has 1 N–H and O–H groups in total. The number of carbonyl (C=O) groups excluding carboxylic acids is 2. The number of amides is 1. The van der Waals surface area contributed by atoms with Crippen LogP contribution >= 0.6 is 0 Å². The molecule has 1 aromatic rings. The maximum atomic E-state index is 12.7. The molecule has 1 fully saturated rings. The van der Waals surface area contributed by atoms with E-state index in [9.17, 15) is 9.59 Å². The van der Waals surface area contributed by atoms with E-state index in [1.807, 2.05) is 12.2 Å². The lowest BCUT2D eigenvalue weighted by atomic mass is 9.70. The summed E-state index contributed by atoms with van der Waals surface area (Å²) in [5.41, 5.74) is 4.98. The Morgan fingerprint density at radius 3 is 2.47 bits per heavy atom. The predicted octanol–water partition coefficient (Wildman–Crippen LogP) is 5.66. The minimum absolute atomic E-state index is 0.0744. The second-order valence-electron chi connectivity index (χ2n) is 9.80. The quantitative estimate of drug-likeness (QED) is 0.477. The number of esters is 1. The fourth-order valence-corrected chi connectivity index (χ4v) is 4.56. The lowest BCUT2D eigenvalue weighted by Gasteiger charge is -2.35. The van der Waals surface area contributed by atoms with Crippen LogP contribution < -0.4 is 14.8 Å². The van der Waals surface area contributed by atoms with Crippen LogP contribution in [-0.4, -0.2) is 19.0 Å². The van der Waals surface area contributed by atoms with Gasteiger partial charge in [0, 0.05) is 19.0 Å². The van der Waals surface area contributed by atoms with Crippen LogP contribution in [0.2, 0.25) is 0 Å². The van der Waals surface area contributed by atoms with Gasteiger partial charge in [0.1, 0.15) is 0 Å². The van der Waals surface area contributed by atoms with Crippen molar-refractivity contribution in [1.82, 2.24) is 5.32 Å². The summed E-state index contributed by atoms with van der Waals surface area (Å²) in [5, 5.41) is 3.06. The fraction of sp³-hybridized carbons (Fsp3) is 0.481. The zero-order valence-electron chi connectivity index (χ0n) is 19.9. The summed E-state index contributed by atoms with van der Waals surface area (Å²) in [6.45, 7) is 8.36. The SMILES string of the molecule is COc1cc(CC(=O)NC2=CC=CC(=C3CCC(C(C)(C)C)CC3)C2)ccc1OC(C)=O. The van der Waals surface area contributed by atoms with E-state index in [1.165, 1.54) is 38.0 Å². The number of methoxy groups -OCH3 is 1. The van der Waals surface area contributed by atoms with Crippen molar-refractivity contribution in [3.8, 4) is 11.5 Å². The Morgan fingerprint density at radius 1 is 1.12 bits per heavy atom. The predicted molar refractivity (Wildman–Crippen MR) is 126 cm³/mol. The zero-order valence-corrected chi connectivity index (χ0v) is 19.9. The molecular formula is C27H35NO4. The minimum atomic E-state index is -0.414. The molecule has 0 radical (unpaired) electrons. The molecule has 3 rings (SSSR count). The Hall–Kier alpha value is -2.82. The molecule has 0 saturated heterocycles. The van der Waals surface area contributed by atoms with E-state index in [1.54, 1.807) is 18.2 Å². The molecule has 0 atom stereocenters. The first-order valence-corrected chi connectivity index (χ1v) is 11.4. The van der Waals surface area contributed by atoms with Gasteiger partial charge in [0.25, 0.3) is 0 Å². The molecule has 1 amide bonds. The molecule has 0 bridgehead atoms. The Bertz CT molecular complexity index is 952. The van der Waals surface area contributed by atoms with Crippen LogP contribution in [0.25, 0.3) is 0 Å². The molecule has 0 unspecified atom stereocenters. The normalized spacial score (nSPS) is 18.8. The largest absolute Gasteiger partial charge is 0.493 e. The maximum Gasteiger partial charge on any atom is 0.308 e. The minimum Gasteiger partial charge on any atom is -0.493 e. The Labute approximate surface area is 191 Å². The third kappa shape index (κ3) is 6.35. The van der Waals surface area contributed by atoms with Crippen LogP contribution in [0.4, 0.5) is 0 Å². The maximum absolute atomic E-state index is 12.7. The lowest BCUT2D eigenvalue weighted by molar-refractivity contribution is -0.132. The zero-order chi connectivity index (χ0) is 23.3. The second-order valence-corrected chi connectivity index (χ2v) is 9.80. The van der Waals surface area contributed by atoms with Crippen molar-refractivity contribution < 1.29 is 19.1 Å². The number of allylic oxidation sites excluding steroid dienone is 5. The van der Waals surface area contributed by atoms with Crippen LogP contribution in [0.1, 0.15) is 65.4 Å². The summed E-state index contributed by atoms with van der Waals surface area (Å²) in [4.78, 5) is 23.9. The molecule has 172 valence electrons. The van der Waals surface area contributed by atoms with Crippen molar-refractivity contribution >= 4 is 11.9 Å². The summed E-state index contributed by atoms with van der Waals surface area (Å²) in [6, 6.07) is 5.16. The first-order chi connectivity index (χ1) is 15.2. The van der Waals surface area contributed by atoms with Gasteiger partial charge in [-0.3, -0.25) is 9.59 Å². The first kappa shape index (κ1) is 23.8. The van der Waals surface area contributed by atoms with Gasteiger partial charge < -0.3 is 14.8 Å². The highest BCUT2D eigenvalue weighted by Crippen LogP contribution is 2.41. The summed E-state index contributed by atoms with van der Waals surface area (Å²) in [5.74, 6) is 1.07. The molecule has 0 aromatic heterocycles. The lowest BCUT2D eigenvalue weighted by Crippen LogP contribution is -2.26. The van der Waals surface area contributed by atoms with E-state index in [4.69, 9.17) is 9.47 Å². The topological polar surface area (TPSA) is 64.6 Å². The first-order valence-electron chi connectivity index (χ1n) is 11.4. The van der Waals surface area contributed by atoms with Gasteiger partial charge in [0.05, 0.1) is 13.5 Å². The van der Waals surface area contributed by atoms with Crippen molar-refractivity contribution in [2.75, 3.05) is 7.11 Å². The van der Waals surface area contributed by atoms with Crippen LogP contribution in [0.3, 0.4) is 0 Å². The van der Waals surface area contributed by atoms with Crippen LogP contribution in [0.5, 0.6) is 11.5 Å². The Balaban J connectivity index is 1.59. The van der Waals surface area contributed by atoms with E-state index >= 15 is 0 Å². The Morgan fingerprint density at radius 2 is 1.84 bits per heavy atom. The summed E-state index contributed by atoms with van der Waals surface area (Å²) < 4.78 is 10.4. The molecule has 2 aliphatic rings. The summed E-state index contributed by atoms with van der Waals surface area (Å²) in [7, 11) is 1.51. The van der Waals surface area contributed by atoms with Crippen LogP contribution in [-0.2, 0) is 16.0 Å². The number of carbonyl (C=O) groups is 2. The molecule has 5 nitrogen and oxygen atoms in total.